The minimum absolute atomic E-state index is 0.183. The monoisotopic (exact) mass is 440 g/mol. The summed E-state index contributed by atoms with van der Waals surface area (Å²) in [5.41, 5.74) is 0. The van der Waals surface area contributed by atoms with Crippen LogP contribution in [0.4, 0.5) is 4.79 Å². The van der Waals surface area contributed by atoms with Gasteiger partial charge in [0.1, 0.15) is 0 Å². The molecule has 0 aromatic rings. The van der Waals surface area contributed by atoms with Gasteiger partial charge in [-0.2, -0.15) is 0 Å². The summed E-state index contributed by atoms with van der Waals surface area (Å²) in [7, 11) is -6.66. The number of carbonyl (C=O) groups excluding carboxylic acids is 1. The van der Waals surface area contributed by atoms with E-state index in [2.05, 4.69) is 38.1 Å². The van der Waals surface area contributed by atoms with Crippen LogP contribution in [0.5, 0.6) is 0 Å². The number of nitrogens with one attached hydrogen (secondary N) is 1. The molecular formula is C17H42NO6Si3-. The molecule has 1 amide bonds. The van der Waals surface area contributed by atoms with Crippen LogP contribution in [-0.2, 0) is 13.0 Å². The van der Waals surface area contributed by atoms with Gasteiger partial charge < -0.3 is 0 Å². The van der Waals surface area contributed by atoms with Crippen molar-refractivity contribution in [1.29, 1.82) is 0 Å². The Morgan fingerprint density at radius 2 is 1.44 bits per heavy atom. The van der Waals surface area contributed by atoms with Gasteiger partial charge in [-0.3, -0.25) is 0 Å². The predicted molar refractivity (Wildman–Crippen MR) is 118 cm³/mol. The summed E-state index contributed by atoms with van der Waals surface area (Å²) in [6.07, 6.45) is 1.91. The van der Waals surface area contributed by atoms with Gasteiger partial charge in [-0.25, -0.2) is 0 Å². The third kappa shape index (κ3) is 13.6. The molecule has 0 fully saturated rings. The fourth-order valence-electron chi connectivity index (χ4n) is 3.46. The number of amides is 1. The van der Waals surface area contributed by atoms with Crippen LogP contribution in [0.25, 0.3) is 0 Å². The molecule has 3 N–H and O–H groups in total. The van der Waals surface area contributed by atoms with E-state index >= 15 is 0 Å². The quantitative estimate of drug-likeness (QED) is 0.267. The molecule has 0 aromatic heterocycles. The molecule has 0 bridgehead atoms. The molecule has 0 aliphatic carbocycles. The summed E-state index contributed by atoms with van der Waals surface area (Å²) in [6, 6.07) is 2.63. The minimum atomic E-state index is -2.79. The SMILES string of the molecule is CCOC(=O)NCCC[SiH-](C)(O[Si](C)(C)CCCO)O[Si](C)(C)CCCO. The molecule has 0 rings (SSSR count). The van der Waals surface area contributed by atoms with Gasteiger partial charge in [0.2, 0.25) is 0 Å². The van der Waals surface area contributed by atoms with Gasteiger partial charge in [0, 0.05) is 0 Å². The molecular weight excluding hydrogens is 398 g/mol. The van der Waals surface area contributed by atoms with E-state index < -0.39 is 25.2 Å². The van der Waals surface area contributed by atoms with E-state index in [-0.39, 0.29) is 19.3 Å². The topological polar surface area (TPSA) is 97.3 Å². The Balaban J connectivity index is 4.93. The predicted octanol–water partition coefficient (Wildman–Crippen LogP) is 3.14. The van der Waals surface area contributed by atoms with Crippen molar-refractivity contribution in [3.8, 4) is 0 Å². The van der Waals surface area contributed by atoms with Crippen LogP contribution in [0, 0.1) is 0 Å². The number of carbonyl (C=O) groups is 1. The Bertz CT molecular complexity index is 401. The zero-order valence-electron chi connectivity index (χ0n) is 18.2. The van der Waals surface area contributed by atoms with E-state index in [1.807, 2.05) is 0 Å². The molecule has 0 unspecified atom stereocenters. The number of hydrogen-bond acceptors (Lipinski definition) is 6. The van der Waals surface area contributed by atoms with E-state index in [0.29, 0.717) is 13.2 Å². The van der Waals surface area contributed by atoms with E-state index in [4.69, 9.17) is 23.2 Å². The maximum atomic E-state index is 11.4. The van der Waals surface area contributed by atoms with Gasteiger partial charge in [0.05, 0.1) is 0 Å². The Labute approximate surface area is 168 Å². The fourth-order valence-corrected chi connectivity index (χ4v) is 19.7. The van der Waals surface area contributed by atoms with Crippen LogP contribution in [0.2, 0.25) is 50.9 Å². The van der Waals surface area contributed by atoms with Crippen molar-refractivity contribution >= 4 is 31.3 Å². The Morgan fingerprint density at radius 1 is 0.963 bits per heavy atom. The second-order valence-electron chi connectivity index (χ2n) is 8.51. The van der Waals surface area contributed by atoms with Crippen molar-refractivity contribution in [3.63, 3.8) is 0 Å². The average Bonchev–Trinajstić information content (AvgIpc) is 2.54. The molecule has 0 saturated carbocycles. The van der Waals surface area contributed by atoms with E-state index in [1.165, 1.54) is 0 Å². The summed E-state index contributed by atoms with van der Waals surface area (Å²) in [5, 5.41) is 21.1. The average molecular weight is 441 g/mol. The molecule has 0 saturated heterocycles. The maximum absolute atomic E-state index is 11.4. The van der Waals surface area contributed by atoms with Crippen LogP contribution < -0.4 is 5.32 Å². The summed E-state index contributed by atoms with van der Waals surface area (Å²) >= 11 is 0. The molecule has 10 heteroatoms. The molecule has 0 spiro atoms. The number of aliphatic hydroxyl groups excluding tert-OH is 2. The Kier molecular flexibility index (Phi) is 13.0. The molecule has 0 heterocycles. The fraction of sp³-hybridized carbons (Fsp3) is 0.941. The number of aliphatic hydroxyl groups is 2. The normalized spacial score (nSPS) is 13.5. The van der Waals surface area contributed by atoms with Crippen molar-refractivity contribution in [3.05, 3.63) is 0 Å². The molecule has 0 radical (unpaired) electrons. The first-order chi connectivity index (χ1) is 12.5. The van der Waals surface area contributed by atoms with Crippen molar-refractivity contribution in [1.82, 2.24) is 5.32 Å². The van der Waals surface area contributed by atoms with Crippen molar-refractivity contribution in [2.45, 2.75) is 77.1 Å². The third-order valence-electron chi connectivity index (χ3n) is 4.46. The van der Waals surface area contributed by atoms with Gasteiger partial charge in [-0.1, -0.05) is 0 Å². The van der Waals surface area contributed by atoms with Crippen LogP contribution in [0.1, 0.15) is 26.2 Å². The van der Waals surface area contributed by atoms with Gasteiger partial charge >= 0.3 is 168 Å². The number of rotatable bonds is 15. The van der Waals surface area contributed by atoms with Gasteiger partial charge in [0.15, 0.2) is 0 Å². The Morgan fingerprint density at radius 3 is 1.85 bits per heavy atom. The van der Waals surface area contributed by atoms with Crippen LogP contribution >= 0.6 is 0 Å². The zero-order chi connectivity index (χ0) is 21.0. The molecule has 7 nitrogen and oxygen atoms in total. The first-order valence-electron chi connectivity index (χ1n) is 10.2. The summed E-state index contributed by atoms with van der Waals surface area (Å²) < 4.78 is 18.3. The molecule has 0 aliphatic rings. The summed E-state index contributed by atoms with van der Waals surface area (Å²) in [5.74, 6) is 0. The molecule has 27 heavy (non-hydrogen) atoms. The standard InChI is InChI=1S/C17H42NO6Si3/c1-7-22-17(21)18-11-8-16-27(6,23-25(2,3)14-9-12-19)24-26(4,5)15-10-13-20/h19-20,27H,7-16H2,1-6H3,(H,18,21)/q-1. The molecule has 0 atom stereocenters. The van der Waals surface area contributed by atoms with Crippen LogP contribution in [0.3, 0.4) is 0 Å². The van der Waals surface area contributed by atoms with Gasteiger partial charge in [-0.05, 0) is 0 Å². The first kappa shape index (κ1) is 26.8. The van der Waals surface area contributed by atoms with Crippen molar-refractivity contribution in [2.24, 2.45) is 0 Å². The van der Waals surface area contributed by atoms with Gasteiger partial charge in [0.25, 0.3) is 0 Å². The van der Waals surface area contributed by atoms with Gasteiger partial charge in [-0.15, -0.1) is 0 Å². The molecule has 0 aromatic carbocycles. The Hall–Kier alpha value is -0.239. The van der Waals surface area contributed by atoms with Crippen LogP contribution in [0.15, 0.2) is 0 Å². The molecule has 164 valence electrons. The van der Waals surface area contributed by atoms with Crippen molar-refractivity contribution in [2.75, 3.05) is 26.4 Å². The first-order valence-corrected chi connectivity index (χ1v) is 19.4. The number of ether oxygens (including phenoxy) is 1. The summed E-state index contributed by atoms with van der Waals surface area (Å²) in [6.45, 7) is 13.9. The van der Waals surface area contributed by atoms with E-state index in [9.17, 15) is 4.79 Å². The molecule has 0 aliphatic heterocycles. The van der Waals surface area contributed by atoms with Crippen molar-refractivity contribution < 1.29 is 28.0 Å². The second kappa shape index (κ2) is 13.1. The summed E-state index contributed by atoms with van der Waals surface area (Å²) in [4.78, 5) is 11.4. The number of hydrogen-bond donors (Lipinski definition) is 3. The van der Waals surface area contributed by atoms with E-state index in [0.717, 1.165) is 37.4 Å². The zero-order valence-corrected chi connectivity index (χ0v) is 21.3. The van der Waals surface area contributed by atoms with E-state index in [1.54, 1.807) is 6.92 Å². The second-order valence-corrected chi connectivity index (χ2v) is 21.6. The third-order valence-corrected chi connectivity index (χ3v) is 18.1. The number of alkyl carbamates (subject to hydrolysis) is 1. The van der Waals surface area contributed by atoms with Crippen LogP contribution in [-0.4, -0.2) is 67.9 Å².